The van der Waals surface area contributed by atoms with Crippen molar-refractivity contribution in [1.29, 1.82) is 0 Å². The van der Waals surface area contributed by atoms with Crippen molar-refractivity contribution >= 4 is 56.5 Å². The maximum Gasteiger partial charge on any atom is 0.222 e. The number of nitrogens with two attached hydrogens (primary N) is 2. The fourth-order valence-corrected chi connectivity index (χ4v) is 3.87. The number of aromatic nitrogens is 3. The maximum absolute atomic E-state index is 6.09. The van der Waals surface area contributed by atoms with E-state index in [1.54, 1.807) is 0 Å². The summed E-state index contributed by atoms with van der Waals surface area (Å²) in [5.41, 5.74) is 14.7. The first-order valence-corrected chi connectivity index (χ1v) is 7.80. The second kappa shape index (κ2) is 4.59. The first kappa shape index (κ1) is 13.4. The molecular weight excluding hydrogens is 318 g/mol. The Hall–Kier alpha value is -2.31. The molecule has 3 heterocycles. The van der Waals surface area contributed by atoms with Crippen LogP contribution in [0.25, 0.3) is 32.2 Å². The number of anilines is 2. The molecule has 0 aliphatic heterocycles. The average molecular weight is 330 g/mol. The second-order valence-electron chi connectivity index (χ2n) is 5.08. The Labute approximate surface area is 135 Å². The summed E-state index contributed by atoms with van der Waals surface area (Å²) in [5.74, 6) is 0.574. The van der Waals surface area contributed by atoms with Crippen molar-refractivity contribution in [3.63, 3.8) is 0 Å². The summed E-state index contributed by atoms with van der Waals surface area (Å²) in [6.45, 7) is 0. The van der Waals surface area contributed by atoms with Crippen LogP contribution in [0, 0.1) is 0 Å². The highest BCUT2D eigenvalue weighted by atomic mass is 35.5. The molecule has 0 atom stereocenters. The Morgan fingerprint density at radius 1 is 1.18 bits per heavy atom. The van der Waals surface area contributed by atoms with Crippen LogP contribution in [0.1, 0.15) is 0 Å². The van der Waals surface area contributed by atoms with Crippen molar-refractivity contribution in [2.45, 2.75) is 0 Å². The van der Waals surface area contributed by atoms with Crippen molar-refractivity contribution < 1.29 is 0 Å². The van der Waals surface area contributed by atoms with Gasteiger partial charge in [0.25, 0.3) is 0 Å². The normalized spacial score (nSPS) is 11.5. The number of thiophene rings is 1. The molecule has 0 unspecified atom stereocenters. The molecule has 1 aromatic carbocycles. The van der Waals surface area contributed by atoms with Gasteiger partial charge in [-0.25, -0.2) is 4.98 Å². The average Bonchev–Trinajstić information content (AvgIpc) is 3.04. The van der Waals surface area contributed by atoms with Crippen molar-refractivity contribution in [2.24, 2.45) is 7.05 Å². The van der Waals surface area contributed by atoms with Gasteiger partial charge in [-0.2, -0.15) is 4.98 Å². The van der Waals surface area contributed by atoms with E-state index in [0.717, 1.165) is 36.6 Å². The number of nitrogen functional groups attached to an aromatic ring is 2. The number of rotatable bonds is 1. The maximum atomic E-state index is 6.09. The second-order valence-corrected chi connectivity index (χ2v) is 6.79. The zero-order valence-electron chi connectivity index (χ0n) is 11.7. The number of nitrogens with zero attached hydrogens (tertiary/aromatic N) is 3. The largest absolute Gasteiger partial charge is 0.383 e. The molecule has 0 amide bonds. The topological polar surface area (TPSA) is 82.8 Å². The Morgan fingerprint density at radius 2 is 2.00 bits per heavy atom. The van der Waals surface area contributed by atoms with E-state index in [1.807, 2.05) is 37.5 Å². The van der Waals surface area contributed by atoms with Crippen LogP contribution < -0.4 is 11.5 Å². The van der Waals surface area contributed by atoms with Gasteiger partial charge in [0.1, 0.15) is 5.82 Å². The summed E-state index contributed by atoms with van der Waals surface area (Å²) in [6, 6.07) is 7.91. The summed E-state index contributed by atoms with van der Waals surface area (Å²) >= 11 is 7.62. The molecule has 0 aliphatic rings. The molecule has 0 spiro atoms. The van der Waals surface area contributed by atoms with Gasteiger partial charge in [0.05, 0.1) is 20.8 Å². The number of hydrogen-bond acceptors (Lipinski definition) is 5. The van der Waals surface area contributed by atoms with E-state index in [-0.39, 0.29) is 5.95 Å². The molecule has 4 N–H and O–H groups in total. The van der Waals surface area contributed by atoms with E-state index in [2.05, 4.69) is 14.5 Å². The summed E-state index contributed by atoms with van der Waals surface area (Å²) in [7, 11) is 2.00. The molecule has 5 nitrogen and oxygen atoms in total. The third-order valence-electron chi connectivity index (χ3n) is 3.70. The molecular formula is C15H12ClN5S. The van der Waals surface area contributed by atoms with Gasteiger partial charge >= 0.3 is 0 Å². The summed E-state index contributed by atoms with van der Waals surface area (Å²) in [6.07, 6.45) is 2.00. The molecule has 7 heteroatoms. The van der Waals surface area contributed by atoms with Gasteiger partial charge in [0.15, 0.2) is 0 Å². The van der Waals surface area contributed by atoms with Crippen LogP contribution in [0.3, 0.4) is 0 Å². The van der Waals surface area contributed by atoms with E-state index in [9.17, 15) is 0 Å². The van der Waals surface area contributed by atoms with Crippen molar-refractivity contribution in [2.75, 3.05) is 11.5 Å². The zero-order valence-corrected chi connectivity index (χ0v) is 13.2. The molecule has 0 bridgehead atoms. The quantitative estimate of drug-likeness (QED) is 0.558. The predicted molar refractivity (Wildman–Crippen MR) is 93.2 cm³/mol. The van der Waals surface area contributed by atoms with Crippen molar-refractivity contribution in [3.05, 3.63) is 34.8 Å². The van der Waals surface area contributed by atoms with E-state index >= 15 is 0 Å². The third kappa shape index (κ3) is 1.84. The highest BCUT2D eigenvalue weighted by Crippen LogP contribution is 2.40. The smallest absolute Gasteiger partial charge is 0.222 e. The minimum absolute atomic E-state index is 0.176. The van der Waals surface area contributed by atoms with Crippen LogP contribution >= 0.6 is 22.9 Å². The van der Waals surface area contributed by atoms with Crippen LogP contribution in [0.15, 0.2) is 30.5 Å². The zero-order chi connectivity index (χ0) is 15.4. The number of aryl methyl sites for hydroxylation is 1. The lowest BCUT2D eigenvalue weighted by Crippen LogP contribution is -2.01. The molecule has 4 aromatic rings. The molecule has 0 saturated carbocycles. The third-order valence-corrected chi connectivity index (χ3v) is 4.96. The number of halogens is 1. The van der Waals surface area contributed by atoms with E-state index in [0.29, 0.717) is 5.82 Å². The number of hydrogen-bond donors (Lipinski definition) is 2. The molecule has 0 fully saturated rings. The van der Waals surface area contributed by atoms with Gasteiger partial charge in [-0.05, 0) is 24.3 Å². The standard InChI is InChI=1S/C15H12ClN5S/c1-21-5-4-7-12-9(19-15(18)20-14(12)17)6-8(13(7)21)10-2-3-11(16)22-10/h2-6H,1H3,(H4,17,18,19,20). The monoisotopic (exact) mass is 329 g/mol. The first-order chi connectivity index (χ1) is 10.5. The lowest BCUT2D eigenvalue weighted by atomic mass is 10.0. The highest BCUT2D eigenvalue weighted by Gasteiger charge is 2.16. The Morgan fingerprint density at radius 3 is 2.73 bits per heavy atom. The van der Waals surface area contributed by atoms with Crippen LogP contribution in [0.5, 0.6) is 0 Å². The van der Waals surface area contributed by atoms with Crippen LogP contribution in [-0.4, -0.2) is 14.5 Å². The lowest BCUT2D eigenvalue weighted by molar-refractivity contribution is 0.970. The van der Waals surface area contributed by atoms with Gasteiger partial charge in [-0.1, -0.05) is 11.6 Å². The number of fused-ring (bicyclic) bond motifs is 3. The van der Waals surface area contributed by atoms with E-state index in [1.165, 1.54) is 11.3 Å². The molecule has 110 valence electrons. The van der Waals surface area contributed by atoms with Crippen molar-refractivity contribution in [1.82, 2.24) is 14.5 Å². The molecule has 0 aliphatic carbocycles. The molecule has 22 heavy (non-hydrogen) atoms. The van der Waals surface area contributed by atoms with Gasteiger partial charge in [0.2, 0.25) is 5.95 Å². The highest BCUT2D eigenvalue weighted by molar-refractivity contribution is 7.19. The Kier molecular flexibility index (Phi) is 2.79. The van der Waals surface area contributed by atoms with Crippen LogP contribution in [0.4, 0.5) is 11.8 Å². The molecule has 0 radical (unpaired) electrons. The Balaban J connectivity index is 2.21. The van der Waals surface area contributed by atoms with Gasteiger partial charge < -0.3 is 16.0 Å². The SMILES string of the molecule is Cn1ccc2c3c(N)nc(N)nc3cc(-c3ccc(Cl)s3)c21. The summed E-state index contributed by atoms with van der Waals surface area (Å²) in [5, 5.41) is 1.84. The molecule has 3 aromatic heterocycles. The fraction of sp³-hybridized carbons (Fsp3) is 0.0667. The van der Waals surface area contributed by atoms with Gasteiger partial charge in [-0.3, -0.25) is 0 Å². The molecule has 4 rings (SSSR count). The van der Waals surface area contributed by atoms with E-state index < -0.39 is 0 Å². The van der Waals surface area contributed by atoms with Crippen LogP contribution in [0.2, 0.25) is 4.34 Å². The first-order valence-electron chi connectivity index (χ1n) is 6.61. The Bertz CT molecular complexity index is 1030. The van der Waals surface area contributed by atoms with Gasteiger partial charge in [-0.15, -0.1) is 11.3 Å². The van der Waals surface area contributed by atoms with Gasteiger partial charge in [0, 0.05) is 29.1 Å². The molecule has 0 saturated heterocycles. The van der Waals surface area contributed by atoms with Crippen LogP contribution in [-0.2, 0) is 7.05 Å². The summed E-state index contributed by atoms with van der Waals surface area (Å²) < 4.78 is 2.81. The van der Waals surface area contributed by atoms with E-state index in [4.69, 9.17) is 23.1 Å². The predicted octanol–water partition coefficient (Wildman–Crippen LogP) is 3.67. The number of benzene rings is 1. The lowest BCUT2D eigenvalue weighted by Gasteiger charge is -2.09. The van der Waals surface area contributed by atoms with Crippen molar-refractivity contribution in [3.8, 4) is 10.4 Å². The fourth-order valence-electron chi connectivity index (χ4n) is 2.81. The minimum Gasteiger partial charge on any atom is -0.383 e. The summed E-state index contributed by atoms with van der Waals surface area (Å²) in [4.78, 5) is 9.50. The minimum atomic E-state index is 0.176.